The second-order valence-electron chi connectivity index (χ2n) is 5.96. The monoisotopic (exact) mass is 249 g/mol. The number of rotatable bonds is 7. The Balaban J connectivity index is 1.76. The van der Waals surface area contributed by atoms with Gasteiger partial charge in [0.2, 0.25) is 5.95 Å². The van der Waals surface area contributed by atoms with E-state index >= 15 is 0 Å². The van der Waals surface area contributed by atoms with Crippen molar-refractivity contribution in [2.24, 2.45) is 5.92 Å². The summed E-state index contributed by atoms with van der Waals surface area (Å²) in [6.07, 6.45) is 13.3. The molecular weight excluding hydrogens is 222 g/mol. The lowest BCUT2D eigenvalue weighted by molar-refractivity contribution is 0.509. The Morgan fingerprint density at radius 3 is 2.83 bits per heavy atom. The molecule has 1 heterocycles. The minimum absolute atomic E-state index is 0.654. The fourth-order valence-electron chi connectivity index (χ4n) is 2.72. The lowest BCUT2D eigenvalue weighted by Crippen LogP contribution is -2.18. The Morgan fingerprint density at radius 2 is 2.11 bits per heavy atom. The first-order valence-electron chi connectivity index (χ1n) is 7.53. The van der Waals surface area contributed by atoms with E-state index in [0.717, 1.165) is 18.4 Å². The predicted octanol–water partition coefficient (Wildman–Crippen LogP) is 4.06. The van der Waals surface area contributed by atoms with Gasteiger partial charge in [-0.25, -0.2) is 4.98 Å². The molecule has 0 aliphatic heterocycles. The van der Waals surface area contributed by atoms with E-state index in [1.165, 1.54) is 44.9 Å². The average molecular weight is 249 g/mol. The number of nitrogens with one attached hydrogen (secondary N) is 1. The van der Waals surface area contributed by atoms with Gasteiger partial charge in [-0.15, -0.1) is 0 Å². The Morgan fingerprint density at radius 1 is 1.33 bits per heavy atom. The SMILES string of the molecule is CC(C)CCCCn1ccnc1NC1CCCC1. The Labute approximate surface area is 111 Å². The summed E-state index contributed by atoms with van der Waals surface area (Å²) in [5.41, 5.74) is 0. The van der Waals surface area contributed by atoms with Crippen molar-refractivity contribution in [2.75, 3.05) is 5.32 Å². The first kappa shape index (κ1) is 13.4. The molecule has 0 saturated heterocycles. The molecule has 1 saturated carbocycles. The van der Waals surface area contributed by atoms with Crippen LogP contribution in [0.1, 0.15) is 58.8 Å². The quantitative estimate of drug-likeness (QED) is 0.738. The molecule has 1 aromatic rings. The van der Waals surface area contributed by atoms with E-state index in [1.54, 1.807) is 0 Å². The van der Waals surface area contributed by atoms with Crippen LogP contribution in [0.2, 0.25) is 0 Å². The molecule has 18 heavy (non-hydrogen) atoms. The van der Waals surface area contributed by atoms with Gasteiger partial charge in [0.1, 0.15) is 0 Å². The summed E-state index contributed by atoms with van der Waals surface area (Å²) >= 11 is 0. The molecule has 0 amide bonds. The zero-order valence-electron chi connectivity index (χ0n) is 11.9. The van der Waals surface area contributed by atoms with Crippen LogP contribution in [-0.4, -0.2) is 15.6 Å². The van der Waals surface area contributed by atoms with Crippen molar-refractivity contribution in [2.45, 2.75) is 71.4 Å². The summed E-state index contributed by atoms with van der Waals surface area (Å²) < 4.78 is 2.28. The number of imidazole rings is 1. The maximum Gasteiger partial charge on any atom is 0.202 e. The second-order valence-corrected chi connectivity index (χ2v) is 5.96. The van der Waals surface area contributed by atoms with Crippen LogP contribution in [0.15, 0.2) is 12.4 Å². The number of nitrogens with zero attached hydrogens (tertiary/aromatic N) is 2. The van der Waals surface area contributed by atoms with Crippen LogP contribution in [0.5, 0.6) is 0 Å². The standard InChI is InChI=1S/C15H27N3/c1-13(2)7-5-6-11-18-12-10-16-15(18)17-14-8-3-4-9-14/h10,12-14H,3-9,11H2,1-2H3,(H,16,17). The van der Waals surface area contributed by atoms with E-state index in [1.807, 2.05) is 6.20 Å². The zero-order valence-corrected chi connectivity index (χ0v) is 11.9. The van der Waals surface area contributed by atoms with Crippen LogP contribution >= 0.6 is 0 Å². The summed E-state index contributed by atoms with van der Waals surface area (Å²) in [6.45, 7) is 5.69. The molecule has 0 unspecified atom stereocenters. The Bertz CT molecular complexity index is 337. The van der Waals surface area contributed by atoms with E-state index in [-0.39, 0.29) is 0 Å². The summed E-state index contributed by atoms with van der Waals surface area (Å²) in [7, 11) is 0. The number of hydrogen-bond donors (Lipinski definition) is 1. The summed E-state index contributed by atoms with van der Waals surface area (Å²) in [4.78, 5) is 4.45. The molecule has 1 aliphatic carbocycles. The maximum atomic E-state index is 4.45. The molecule has 3 heteroatoms. The predicted molar refractivity (Wildman–Crippen MR) is 76.8 cm³/mol. The highest BCUT2D eigenvalue weighted by atomic mass is 15.2. The number of anilines is 1. The van der Waals surface area contributed by atoms with Crippen molar-refractivity contribution in [3.63, 3.8) is 0 Å². The Kier molecular flexibility index (Phi) is 5.09. The smallest absolute Gasteiger partial charge is 0.202 e. The van der Waals surface area contributed by atoms with Gasteiger partial charge in [0.05, 0.1) is 0 Å². The minimum atomic E-state index is 0.654. The van der Waals surface area contributed by atoms with Crippen LogP contribution < -0.4 is 5.32 Å². The first-order valence-corrected chi connectivity index (χ1v) is 7.53. The van der Waals surface area contributed by atoms with Gasteiger partial charge in [0.25, 0.3) is 0 Å². The van der Waals surface area contributed by atoms with Crippen LogP contribution in [-0.2, 0) is 6.54 Å². The van der Waals surface area contributed by atoms with Gasteiger partial charge in [-0.3, -0.25) is 0 Å². The molecular formula is C15H27N3. The molecule has 102 valence electrons. The zero-order chi connectivity index (χ0) is 12.8. The molecule has 0 bridgehead atoms. The van der Waals surface area contributed by atoms with Crippen molar-refractivity contribution in [1.29, 1.82) is 0 Å². The normalized spacial score (nSPS) is 16.6. The third kappa shape index (κ3) is 4.04. The van der Waals surface area contributed by atoms with Crippen LogP contribution in [0.4, 0.5) is 5.95 Å². The molecule has 3 nitrogen and oxygen atoms in total. The maximum absolute atomic E-state index is 4.45. The summed E-state index contributed by atoms with van der Waals surface area (Å²) in [5, 5.41) is 3.59. The highest BCUT2D eigenvalue weighted by Crippen LogP contribution is 2.21. The van der Waals surface area contributed by atoms with Crippen LogP contribution in [0.25, 0.3) is 0 Å². The van der Waals surface area contributed by atoms with Gasteiger partial charge in [0.15, 0.2) is 0 Å². The molecule has 0 radical (unpaired) electrons. The van der Waals surface area contributed by atoms with Crippen molar-refractivity contribution in [3.8, 4) is 0 Å². The van der Waals surface area contributed by atoms with Crippen molar-refractivity contribution < 1.29 is 0 Å². The van der Waals surface area contributed by atoms with E-state index in [4.69, 9.17) is 0 Å². The van der Waals surface area contributed by atoms with E-state index in [0.29, 0.717) is 6.04 Å². The van der Waals surface area contributed by atoms with Crippen molar-refractivity contribution in [1.82, 2.24) is 9.55 Å². The molecule has 0 spiro atoms. The van der Waals surface area contributed by atoms with E-state index in [2.05, 4.69) is 34.9 Å². The Hall–Kier alpha value is -0.990. The van der Waals surface area contributed by atoms with E-state index < -0.39 is 0 Å². The highest BCUT2D eigenvalue weighted by Gasteiger charge is 2.16. The molecule has 2 rings (SSSR count). The minimum Gasteiger partial charge on any atom is -0.353 e. The number of aromatic nitrogens is 2. The average Bonchev–Trinajstić information content (AvgIpc) is 2.97. The van der Waals surface area contributed by atoms with Crippen LogP contribution in [0, 0.1) is 5.92 Å². The molecule has 0 aromatic carbocycles. The third-order valence-corrected chi connectivity index (χ3v) is 3.83. The molecule has 1 aliphatic rings. The van der Waals surface area contributed by atoms with Crippen LogP contribution in [0.3, 0.4) is 0 Å². The number of unbranched alkanes of at least 4 members (excludes halogenated alkanes) is 1. The summed E-state index contributed by atoms with van der Waals surface area (Å²) in [5.74, 6) is 1.90. The van der Waals surface area contributed by atoms with Gasteiger partial charge >= 0.3 is 0 Å². The van der Waals surface area contributed by atoms with Gasteiger partial charge in [0, 0.05) is 25.0 Å². The number of hydrogen-bond acceptors (Lipinski definition) is 2. The molecule has 1 N–H and O–H groups in total. The fraction of sp³-hybridized carbons (Fsp3) is 0.800. The van der Waals surface area contributed by atoms with Crippen molar-refractivity contribution in [3.05, 3.63) is 12.4 Å². The summed E-state index contributed by atoms with van der Waals surface area (Å²) in [6, 6.07) is 0.654. The molecule has 1 aromatic heterocycles. The third-order valence-electron chi connectivity index (χ3n) is 3.83. The highest BCUT2D eigenvalue weighted by molar-refractivity contribution is 5.27. The van der Waals surface area contributed by atoms with Gasteiger partial charge in [-0.2, -0.15) is 0 Å². The van der Waals surface area contributed by atoms with E-state index in [9.17, 15) is 0 Å². The topological polar surface area (TPSA) is 29.9 Å². The lowest BCUT2D eigenvalue weighted by Gasteiger charge is -2.14. The molecule has 0 atom stereocenters. The fourth-order valence-corrected chi connectivity index (χ4v) is 2.72. The lowest BCUT2D eigenvalue weighted by atomic mass is 10.1. The second kappa shape index (κ2) is 6.81. The largest absolute Gasteiger partial charge is 0.353 e. The first-order chi connectivity index (χ1) is 8.75. The molecule has 1 fully saturated rings. The van der Waals surface area contributed by atoms with Gasteiger partial charge < -0.3 is 9.88 Å². The van der Waals surface area contributed by atoms with Crippen molar-refractivity contribution >= 4 is 5.95 Å². The van der Waals surface area contributed by atoms with Gasteiger partial charge in [-0.1, -0.05) is 39.5 Å². The van der Waals surface area contributed by atoms with Gasteiger partial charge in [-0.05, 0) is 25.2 Å². The number of aryl methyl sites for hydroxylation is 1.